The summed E-state index contributed by atoms with van der Waals surface area (Å²) in [4.78, 5) is 25.8. The lowest BCUT2D eigenvalue weighted by Gasteiger charge is -2.38. The summed E-state index contributed by atoms with van der Waals surface area (Å²) in [5, 5.41) is 23.2. The Kier molecular flexibility index (Phi) is 4.72. The number of aromatic nitrogens is 1. The molecule has 11 nitrogen and oxygen atoms in total. The number of phenols is 1. The molecule has 31 heavy (non-hydrogen) atoms. The molecular formula is C19H17N2O9P. The van der Waals surface area contributed by atoms with Crippen LogP contribution in [0.2, 0.25) is 0 Å². The van der Waals surface area contributed by atoms with E-state index in [2.05, 4.69) is 10.3 Å². The highest BCUT2D eigenvalue weighted by Gasteiger charge is 2.55. The van der Waals surface area contributed by atoms with Crippen LogP contribution in [-0.2, 0) is 13.6 Å². The Labute approximate surface area is 175 Å². The number of benzene rings is 1. The van der Waals surface area contributed by atoms with E-state index in [4.69, 9.17) is 18.5 Å². The number of phosphoric ester groups is 1. The summed E-state index contributed by atoms with van der Waals surface area (Å²) in [7, 11) is -4.31. The predicted octanol–water partition coefficient (Wildman–Crippen LogP) is 0.957. The Bertz CT molecular complexity index is 1100. The van der Waals surface area contributed by atoms with Crippen LogP contribution in [0.4, 0.5) is 0 Å². The number of phenolic OH excluding ortho intramolecular Hbond substituents is 1. The topological polar surface area (TPSA) is 157 Å². The third-order valence-electron chi connectivity index (χ3n) is 5.21. The molecule has 5 atom stereocenters. The Morgan fingerprint density at radius 3 is 2.55 bits per heavy atom. The van der Waals surface area contributed by atoms with E-state index in [0.717, 1.165) is 0 Å². The van der Waals surface area contributed by atoms with Crippen LogP contribution in [-0.4, -0.2) is 57.1 Å². The van der Waals surface area contributed by atoms with Crippen LogP contribution in [0.25, 0.3) is 5.57 Å². The van der Waals surface area contributed by atoms with Gasteiger partial charge in [-0.05, 0) is 29.8 Å². The Morgan fingerprint density at radius 2 is 1.87 bits per heavy atom. The smallest absolute Gasteiger partial charge is 0.473 e. The fourth-order valence-corrected chi connectivity index (χ4v) is 5.10. The van der Waals surface area contributed by atoms with Gasteiger partial charge < -0.3 is 29.9 Å². The second-order valence-corrected chi connectivity index (χ2v) is 8.44. The summed E-state index contributed by atoms with van der Waals surface area (Å²) in [6.45, 7) is -0.0894. The van der Waals surface area contributed by atoms with Gasteiger partial charge in [0.1, 0.15) is 18.3 Å². The number of hydrogen-bond acceptors (Lipinski definition) is 9. The lowest BCUT2D eigenvalue weighted by Crippen LogP contribution is -2.55. The van der Waals surface area contributed by atoms with Crippen LogP contribution in [0.1, 0.15) is 15.9 Å². The van der Waals surface area contributed by atoms with E-state index in [9.17, 15) is 24.5 Å². The maximum atomic E-state index is 12.5. The van der Waals surface area contributed by atoms with Crippen molar-refractivity contribution in [1.29, 1.82) is 0 Å². The SMILES string of the molecule is O=C1N[C@@H]2C(=C[C@H](O)[C@H]3OP(=O)(O)O[C@H]32)c2cc3c(c(O)c21)OCO3.c1ccncc1. The van der Waals surface area contributed by atoms with Crippen molar-refractivity contribution in [2.75, 3.05) is 6.79 Å². The maximum absolute atomic E-state index is 12.5. The number of fused-ring (bicyclic) bond motifs is 6. The van der Waals surface area contributed by atoms with Gasteiger partial charge in [0.15, 0.2) is 11.5 Å². The molecule has 1 aromatic heterocycles. The Balaban J connectivity index is 0.000000296. The van der Waals surface area contributed by atoms with Crippen LogP contribution in [0.5, 0.6) is 17.2 Å². The summed E-state index contributed by atoms with van der Waals surface area (Å²) in [6, 6.07) is 6.42. The number of aromatic hydroxyl groups is 1. The van der Waals surface area contributed by atoms with Crippen LogP contribution < -0.4 is 14.8 Å². The van der Waals surface area contributed by atoms with Crippen molar-refractivity contribution in [1.82, 2.24) is 10.3 Å². The standard InChI is InChI=1S/C14H12NO9P.C5H5N/c16-6-1-5-4-2-7-12(22-3-21-7)10(17)8(4)14(18)15-9(5)13-11(6)23-25(19,20)24-13;1-2-4-6-5-3-1/h1-2,6,9,11,13,16-17H,3H2,(H,15,18)(H,19,20);1-5H/t6-,9+,11+,13-;/m0./s1. The van der Waals surface area contributed by atoms with Crippen molar-refractivity contribution in [2.24, 2.45) is 0 Å². The third kappa shape index (κ3) is 3.36. The zero-order valence-electron chi connectivity index (χ0n) is 15.7. The molecule has 1 aliphatic carbocycles. The highest BCUT2D eigenvalue weighted by Crippen LogP contribution is 2.57. The minimum Gasteiger partial charge on any atom is -0.504 e. The molecule has 1 saturated heterocycles. The van der Waals surface area contributed by atoms with Gasteiger partial charge in [-0.15, -0.1) is 0 Å². The first-order valence-corrected chi connectivity index (χ1v) is 10.8. The number of nitrogens with zero attached hydrogens (tertiary/aromatic N) is 1. The van der Waals surface area contributed by atoms with Crippen molar-refractivity contribution in [3.05, 3.63) is 53.9 Å². The minimum atomic E-state index is -4.31. The van der Waals surface area contributed by atoms with E-state index in [1.807, 2.05) is 18.2 Å². The van der Waals surface area contributed by atoms with E-state index in [0.29, 0.717) is 11.1 Å². The molecule has 12 heteroatoms. The van der Waals surface area contributed by atoms with E-state index >= 15 is 0 Å². The Morgan fingerprint density at radius 1 is 1.13 bits per heavy atom. The molecule has 3 aliphatic heterocycles. The quantitative estimate of drug-likeness (QED) is 0.428. The van der Waals surface area contributed by atoms with Gasteiger partial charge in [-0.1, -0.05) is 6.07 Å². The maximum Gasteiger partial charge on any atom is 0.473 e. The van der Waals surface area contributed by atoms with Gasteiger partial charge >= 0.3 is 7.82 Å². The number of aliphatic hydroxyl groups is 1. The van der Waals surface area contributed by atoms with Crippen LogP contribution in [0, 0.1) is 0 Å². The molecule has 0 bridgehead atoms. The number of amides is 1. The van der Waals surface area contributed by atoms with Gasteiger partial charge in [0.25, 0.3) is 5.91 Å². The average Bonchev–Trinajstić information content (AvgIpc) is 3.35. The van der Waals surface area contributed by atoms with Gasteiger partial charge in [-0.2, -0.15) is 0 Å². The largest absolute Gasteiger partial charge is 0.504 e. The van der Waals surface area contributed by atoms with Crippen LogP contribution >= 0.6 is 7.82 Å². The van der Waals surface area contributed by atoms with Crippen molar-refractivity contribution >= 4 is 19.3 Å². The highest BCUT2D eigenvalue weighted by atomic mass is 31.2. The third-order valence-corrected chi connectivity index (χ3v) is 6.23. The molecule has 162 valence electrons. The van der Waals surface area contributed by atoms with Gasteiger partial charge in [0.05, 0.1) is 11.6 Å². The molecule has 1 aromatic carbocycles. The number of carbonyl (C=O) groups is 1. The molecule has 0 saturated carbocycles. The predicted molar refractivity (Wildman–Crippen MR) is 103 cm³/mol. The molecule has 1 unspecified atom stereocenters. The molecule has 1 amide bonds. The first kappa shape index (κ1) is 20.0. The number of ether oxygens (including phenoxy) is 2. The molecule has 4 N–H and O–H groups in total. The second-order valence-electron chi connectivity index (χ2n) is 7.08. The molecule has 2 aromatic rings. The van der Waals surface area contributed by atoms with Crippen molar-refractivity contribution in [3.8, 4) is 17.2 Å². The fourth-order valence-electron chi connectivity index (χ4n) is 3.95. The normalized spacial score (nSPS) is 31.9. The van der Waals surface area contributed by atoms with E-state index < -0.39 is 38.1 Å². The number of aliphatic hydroxyl groups excluding tert-OH is 1. The summed E-state index contributed by atoms with van der Waals surface area (Å²) < 4.78 is 32.1. The first-order valence-electron chi connectivity index (χ1n) is 9.27. The van der Waals surface area contributed by atoms with E-state index in [1.54, 1.807) is 12.4 Å². The highest BCUT2D eigenvalue weighted by molar-refractivity contribution is 7.47. The molecule has 4 aliphatic rings. The van der Waals surface area contributed by atoms with Crippen LogP contribution in [0.15, 0.2) is 42.7 Å². The Hall–Kier alpha value is -2.95. The summed E-state index contributed by atoms with van der Waals surface area (Å²) in [5.41, 5.74) is 0.738. The van der Waals surface area contributed by atoms with Gasteiger partial charge in [0, 0.05) is 18.0 Å². The van der Waals surface area contributed by atoms with Crippen molar-refractivity contribution < 1.29 is 43.0 Å². The number of pyridine rings is 1. The van der Waals surface area contributed by atoms with E-state index in [1.165, 1.54) is 12.1 Å². The number of nitrogens with one attached hydrogen (secondary N) is 1. The number of phosphoric acid groups is 1. The molecule has 0 radical (unpaired) electrons. The lowest BCUT2D eigenvalue weighted by atomic mass is 9.79. The molecule has 0 spiro atoms. The molecule has 4 heterocycles. The summed E-state index contributed by atoms with van der Waals surface area (Å²) in [5.74, 6) is -0.637. The summed E-state index contributed by atoms with van der Waals surface area (Å²) in [6.07, 6.45) is 1.54. The van der Waals surface area contributed by atoms with Crippen molar-refractivity contribution in [3.63, 3.8) is 0 Å². The molecule has 1 fully saturated rings. The van der Waals surface area contributed by atoms with Gasteiger partial charge in [0.2, 0.25) is 12.5 Å². The summed E-state index contributed by atoms with van der Waals surface area (Å²) >= 11 is 0. The lowest BCUT2D eigenvalue weighted by molar-refractivity contribution is 0.0295. The van der Waals surface area contributed by atoms with Gasteiger partial charge in [-0.25, -0.2) is 4.57 Å². The van der Waals surface area contributed by atoms with E-state index in [-0.39, 0.29) is 29.6 Å². The molecule has 6 rings (SSSR count). The number of rotatable bonds is 0. The zero-order chi connectivity index (χ0) is 21.8. The number of hydrogen-bond donors (Lipinski definition) is 4. The average molecular weight is 448 g/mol. The zero-order valence-corrected chi connectivity index (χ0v) is 16.6. The fraction of sp³-hybridized carbons (Fsp3) is 0.263. The van der Waals surface area contributed by atoms with Crippen LogP contribution in [0.3, 0.4) is 0 Å². The first-order chi connectivity index (χ1) is 14.9. The van der Waals surface area contributed by atoms with Crippen molar-refractivity contribution in [2.45, 2.75) is 24.4 Å². The monoisotopic (exact) mass is 448 g/mol. The van der Waals surface area contributed by atoms with Gasteiger partial charge in [-0.3, -0.25) is 18.8 Å². The second kappa shape index (κ2) is 7.33. The molecular weight excluding hydrogens is 431 g/mol. The number of carbonyl (C=O) groups excluding carboxylic acids is 1. The minimum absolute atomic E-state index is 0.0245.